The van der Waals surface area contributed by atoms with Crippen molar-refractivity contribution in [2.24, 2.45) is 0 Å². The summed E-state index contributed by atoms with van der Waals surface area (Å²) >= 11 is 0. The van der Waals surface area contributed by atoms with Crippen LogP contribution in [0.2, 0.25) is 0 Å². The molecule has 8 heavy (non-hydrogen) atoms. The van der Waals surface area contributed by atoms with Crippen LogP contribution in [0.4, 0.5) is 0 Å². The van der Waals surface area contributed by atoms with Crippen LogP contribution in [0.1, 0.15) is 19.9 Å². The van der Waals surface area contributed by atoms with E-state index in [9.17, 15) is 0 Å². The first-order valence-electron chi connectivity index (χ1n) is 2.44. The van der Waals surface area contributed by atoms with Gasteiger partial charge in [0.2, 0.25) is 0 Å². The summed E-state index contributed by atoms with van der Waals surface area (Å²) in [5, 5.41) is 0. The maximum absolute atomic E-state index is 4.81. The molecule has 0 fully saturated rings. The fraction of sp³-hybridized carbons (Fsp3) is 0.429. The topological polar surface area (TPSA) is 13.1 Å². The number of furan rings is 1. The third-order valence-corrected chi connectivity index (χ3v) is 0.988. The van der Waals surface area contributed by atoms with E-state index in [0.29, 0.717) is 0 Å². The predicted molar refractivity (Wildman–Crippen MR) is 34.8 cm³/mol. The van der Waals surface area contributed by atoms with E-state index in [2.05, 4.69) is 6.92 Å². The molecular weight excluding hydrogens is 100 g/mol. The van der Waals surface area contributed by atoms with Gasteiger partial charge in [-0.2, -0.15) is 0 Å². The molecule has 0 saturated carbocycles. The Hall–Kier alpha value is -0.720. The van der Waals surface area contributed by atoms with Gasteiger partial charge >= 0.3 is 0 Å². The molecule has 1 aromatic rings. The van der Waals surface area contributed by atoms with Crippen molar-refractivity contribution in [2.75, 3.05) is 0 Å². The van der Waals surface area contributed by atoms with E-state index in [-0.39, 0.29) is 7.43 Å². The molecule has 1 rings (SSSR count). The minimum Gasteiger partial charge on any atom is -0.472 e. The third kappa shape index (κ3) is 1.41. The monoisotopic (exact) mass is 112 g/mol. The second kappa shape index (κ2) is 3.30. The molecule has 1 heterocycles. The first-order chi connectivity index (χ1) is 3.43. The lowest BCUT2D eigenvalue weighted by Crippen LogP contribution is -1.66. The highest BCUT2D eigenvalue weighted by Crippen LogP contribution is 1.98. The summed E-state index contributed by atoms with van der Waals surface area (Å²) < 4.78 is 4.81. The van der Waals surface area contributed by atoms with Gasteiger partial charge in [-0.3, -0.25) is 0 Å². The standard InChI is InChI=1S/C6H8O.CH4/c1-2-6-3-4-7-5-6;/h3-5H,2H2,1H3;1H4. The zero-order valence-electron chi connectivity index (χ0n) is 4.35. The highest BCUT2D eigenvalue weighted by atomic mass is 16.3. The average Bonchev–Trinajstić information content (AvgIpc) is 2.14. The lowest BCUT2D eigenvalue weighted by Gasteiger charge is -1.76. The quantitative estimate of drug-likeness (QED) is 0.544. The maximum Gasteiger partial charge on any atom is 0.0934 e. The summed E-state index contributed by atoms with van der Waals surface area (Å²) in [6.45, 7) is 2.10. The number of rotatable bonds is 1. The fourth-order valence-electron chi connectivity index (χ4n) is 0.494. The van der Waals surface area contributed by atoms with Gasteiger partial charge < -0.3 is 4.42 Å². The van der Waals surface area contributed by atoms with Gasteiger partial charge in [0.25, 0.3) is 0 Å². The Labute approximate surface area is 50.3 Å². The normalized spacial score (nSPS) is 8.12. The zero-order valence-corrected chi connectivity index (χ0v) is 4.35. The van der Waals surface area contributed by atoms with Crippen molar-refractivity contribution < 1.29 is 4.42 Å². The molecule has 0 radical (unpaired) electrons. The molecular formula is C7H12O. The van der Waals surface area contributed by atoms with Crippen molar-refractivity contribution in [1.29, 1.82) is 0 Å². The van der Waals surface area contributed by atoms with Crippen molar-refractivity contribution in [3.05, 3.63) is 24.2 Å². The number of hydrogen-bond donors (Lipinski definition) is 0. The van der Waals surface area contributed by atoms with Crippen molar-refractivity contribution >= 4 is 0 Å². The molecule has 0 aromatic carbocycles. The van der Waals surface area contributed by atoms with Crippen molar-refractivity contribution in [1.82, 2.24) is 0 Å². The summed E-state index contributed by atoms with van der Waals surface area (Å²) in [6, 6.07) is 1.97. The SMILES string of the molecule is C.CCc1ccoc1. The van der Waals surface area contributed by atoms with E-state index < -0.39 is 0 Å². The van der Waals surface area contributed by atoms with Crippen LogP contribution in [-0.2, 0) is 6.42 Å². The largest absolute Gasteiger partial charge is 0.472 e. The Morgan fingerprint density at radius 2 is 2.38 bits per heavy atom. The van der Waals surface area contributed by atoms with Crippen molar-refractivity contribution in [2.45, 2.75) is 20.8 Å². The van der Waals surface area contributed by atoms with Crippen LogP contribution in [0.25, 0.3) is 0 Å². The molecule has 0 unspecified atom stereocenters. The van der Waals surface area contributed by atoms with Crippen LogP contribution in [-0.4, -0.2) is 0 Å². The van der Waals surface area contributed by atoms with Crippen LogP contribution < -0.4 is 0 Å². The summed E-state index contributed by atoms with van der Waals surface area (Å²) in [7, 11) is 0. The van der Waals surface area contributed by atoms with E-state index >= 15 is 0 Å². The van der Waals surface area contributed by atoms with Gasteiger partial charge in [0, 0.05) is 0 Å². The Morgan fingerprint density at radius 1 is 1.62 bits per heavy atom. The zero-order chi connectivity index (χ0) is 5.11. The van der Waals surface area contributed by atoms with Crippen LogP contribution in [0.5, 0.6) is 0 Å². The van der Waals surface area contributed by atoms with Crippen LogP contribution in [0, 0.1) is 0 Å². The minimum atomic E-state index is 0. The molecule has 0 aliphatic rings. The van der Waals surface area contributed by atoms with Crippen LogP contribution >= 0.6 is 0 Å². The maximum atomic E-state index is 4.81. The van der Waals surface area contributed by atoms with Crippen LogP contribution in [0.3, 0.4) is 0 Å². The summed E-state index contributed by atoms with van der Waals surface area (Å²) in [4.78, 5) is 0. The molecule has 1 nitrogen and oxygen atoms in total. The highest BCUT2D eigenvalue weighted by Gasteiger charge is 1.83. The van der Waals surface area contributed by atoms with E-state index in [4.69, 9.17) is 4.42 Å². The first-order valence-corrected chi connectivity index (χ1v) is 2.44. The molecule has 0 spiro atoms. The van der Waals surface area contributed by atoms with Gasteiger partial charge in [0.05, 0.1) is 12.5 Å². The molecule has 46 valence electrons. The van der Waals surface area contributed by atoms with Gasteiger partial charge in [-0.15, -0.1) is 0 Å². The number of hydrogen-bond acceptors (Lipinski definition) is 1. The summed E-state index contributed by atoms with van der Waals surface area (Å²) in [5.74, 6) is 0. The molecule has 0 N–H and O–H groups in total. The molecule has 1 aromatic heterocycles. The minimum absolute atomic E-state index is 0. The van der Waals surface area contributed by atoms with E-state index in [0.717, 1.165) is 6.42 Å². The Bertz CT molecular complexity index is 119. The Morgan fingerprint density at radius 3 is 2.62 bits per heavy atom. The molecule has 1 heteroatoms. The lowest BCUT2D eigenvalue weighted by molar-refractivity contribution is 0.564. The second-order valence-electron chi connectivity index (χ2n) is 1.49. The smallest absolute Gasteiger partial charge is 0.0934 e. The summed E-state index contributed by atoms with van der Waals surface area (Å²) in [6.07, 6.45) is 4.52. The Balaban J connectivity index is 0.000000490. The van der Waals surface area contributed by atoms with Gasteiger partial charge in [-0.25, -0.2) is 0 Å². The van der Waals surface area contributed by atoms with Gasteiger partial charge in [-0.05, 0) is 18.1 Å². The first kappa shape index (κ1) is 7.28. The van der Waals surface area contributed by atoms with E-state index in [1.807, 2.05) is 6.07 Å². The third-order valence-electron chi connectivity index (χ3n) is 0.988. The highest BCUT2D eigenvalue weighted by molar-refractivity contribution is 5.03. The molecule has 0 saturated heterocycles. The number of aryl methyl sites for hydroxylation is 1. The summed E-state index contributed by atoms with van der Waals surface area (Å²) in [5.41, 5.74) is 1.26. The van der Waals surface area contributed by atoms with Gasteiger partial charge in [-0.1, -0.05) is 14.4 Å². The van der Waals surface area contributed by atoms with Crippen molar-refractivity contribution in [3.63, 3.8) is 0 Å². The van der Waals surface area contributed by atoms with Crippen LogP contribution in [0.15, 0.2) is 23.0 Å². The fourth-order valence-corrected chi connectivity index (χ4v) is 0.494. The molecule has 0 aliphatic carbocycles. The molecule has 0 aliphatic heterocycles. The van der Waals surface area contributed by atoms with E-state index in [1.165, 1.54) is 5.56 Å². The predicted octanol–water partition coefficient (Wildman–Crippen LogP) is 2.48. The van der Waals surface area contributed by atoms with Gasteiger partial charge in [0.1, 0.15) is 0 Å². The second-order valence-corrected chi connectivity index (χ2v) is 1.49. The molecule has 0 amide bonds. The van der Waals surface area contributed by atoms with Gasteiger partial charge in [0.15, 0.2) is 0 Å². The average molecular weight is 112 g/mol. The molecule has 0 bridgehead atoms. The van der Waals surface area contributed by atoms with Crippen molar-refractivity contribution in [3.8, 4) is 0 Å². The van der Waals surface area contributed by atoms with E-state index in [1.54, 1.807) is 12.5 Å². The molecule has 0 atom stereocenters. The Kier molecular flexibility index (Phi) is 3.01. The lowest BCUT2D eigenvalue weighted by atomic mass is 10.3.